The maximum Gasteiger partial charge on any atom is 0.416 e. The topological polar surface area (TPSA) is 98.7 Å². The third-order valence-corrected chi connectivity index (χ3v) is 6.63. The molecule has 37 heavy (non-hydrogen) atoms. The highest BCUT2D eigenvalue weighted by Crippen LogP contribution is 2.48. The predicted molar refractivity (Wildman–Crippen MR) is 134 cm³/mol. The smallest absolute Gasteiger partial charge is 0.383 e. The van der Waals surface area contributed by atoms with E-state index in [0.717, 1.165) is 29.1 Å². The summed E-state index contributed by atoms with van der Waals surface area (Å²) in [7, 11) is 0. The van der Waals surface area contributed by atoms with Gasteiger partial charge in [-0.3, -0.25) is 9.78 Å². The molecule has 184 valence electrons. The number of anilines is 1. The SMILES string of the molecule is C=CC(=O)NC1Cn2c(c(-c3cnc4ccccc4c3)c3c(N)ncnc32)-c2cc(C(F)(F)F)ccc21. The zero-order valence-corrected chi connectivity index (χ0v) is 19.3. The van der Waals surface area contributed by atoms with Gasteiger partial charge in [0.1, 0.15) is 17.8 Å². The molecular weight excluding hydrogens is 481 g/mol. The summed E-state index contributed by atoms with van der Waals surface area (Å²) in [5, 5.41) is 4.20. The highest BCUT2D eigenvalue weighted by atomic mass is 19.4. The fourth-order valence-corrected chi connectivity index (χ4v) is 5.02. The van der Waals surface area contributed by atoms with Crippen LogP contribution in [0.25, 0.3) is 44.3 Å². The molecule has 1 atom stereocenters. The second kappa shape index (κ2) is 8.16. The van der Waals surface area contributed by atoms with E-state index in [-0.39, 0.29) is 12.4 Å². The van der Waals surface area contributed by atoms with Crippen LogP contribution in [-0.4, -0.2) is 25.4 Å². The Morgan fingerprint density at radius 3 is 2.73 bits per heavy atom. The van der Waals surface area contributed by atoms with Crippen molar-refractivity contribution in [3.05, 3.63) is 84.8 Å². The van der Waals surface area contributed by atoms with Crippen LogP contribution < -0.4 is 11.1 Å². The van der Waals surface area contributed by atoms with Gasteiger partial charge in [-0.2, -0.15) is 13.2 Å². The molecule has 0 spiro atoms. The second-order valence-corrected chi connectivity index (χ2v) is 8.77. The van der Waals surface area contributed by atoms with E-state index >= 15 is 0 Å². The van der Waals surface area contributed by atoms with E-state index in [4.69, 9.17) is 5.73 Å². The summed E-state index contributed by atoms with van der Waals surface area (Å²) in [5.41, 5.74) is 9.36. The second-order valence-electron chi connectivity index (χ2n) is 8.77. The molecule has 3 aromatic heterocycles. The predicted octanol–water partition coefficient (Wildman–Crippen LogP) is 5.27. The van der Waals surface area contributed by atoms with E-state index in [1.165, 1.54) is 12.4 Å². The van der Waals surface area contributed by atoms with E-state index in [2.05, 4.69) is 26.8 Å². The number of hydrogen-bond donors (Lipinski definition) is 2. The number of rotatable bonds is 3. The summed E-state index contributed by atoms with van der Waals surface area (Å²) >= 11 is 0. The first-order valence-corrected chi connectivity index (χ1v) is 11.4. The van der Waals surface area contributed by atoms with Gasteiger partial charge in [0.25, 0.3) is 0 Å². The lowest BCUT2D eigenvalue weighted by Crippen LogP contribution is -2.33. The quantitative estimate of drug-likeness (QED) is 0.329. The lowest BCUT2D eigenvalue weighted by atomic mass is 9.89. The van der Waals surface area contributed by atoms with Crippen LogP contribution in [0, 0.1) is 0 Å². The molecule has 3 N–H and O–H groups in total. The number of benzene rings is 2. The number of pyridine rings is 1. The van der Waals surface area contributed by atoms with E-state index in [0.29, 0.717) is 39.0 Å². The Labute approximate surface area is 208 Å². The fraction of sp³-hybridized carbons (Fsp3) is 0.111. The maximum atomic E-state index is 13.8. The van der Waals surface area contributed by atoms with Gasteiger partial charge in [0.15, 0.2) is 0 Å². The molecule has 7 nitrogen and oxygen atoms in total. The molecule has 0 fully saturated rings. The molecule has 0 bridgehead atoms. The van der Waals surface area contributed by atoms with E-state index in [1.807, 2.05) is 30.3 Å². The summed E-state index contributed by atoms with van der Waals surface area (Å²) in [5.74, 6) is -0.251. The molecule has 0 radical (unpaired) electrons. The average molecular weight is 500 g/mol. The number of aromatic nitrogens is 4. The van der Waals surface area contributed by atoms with Crippen LogP contribution >= 0.6 is 0 Å². The lowest BCUT2D eigenvalue weighted by Gasteiger charge is -2.30. The van der Waals surface area contributed by atoms with Crippen molar-refractivity contribution >= 4 is 33.7 Å². The average Bonchev–Trinajstić information content (AvgIpc) is 3.23. The molecular formula is C27H19F3N6O. The van der Waals surface area contributed by atoms with Crippen LogP contribution in [-0.2, 0) is 17.5 Å². The highest BCUT2D eigenvalue weighted by molar-refractivity contribution is 6.09. The van der Waals surface area contributed by atoms with Gasteiger partial charge in [-0.1, -0.05) is 30.8 Å². The largest absolute Gasteiger partial charge is 0.416 e. The van der Waals surface area contributed by atoms with E-state index in [1.54, 1.807) is 10.8 Å². The number of nitrogens with zero attached hydrogens (tertiary/aromatic N) is 4. The molecule has 6 rings (SSSR count). The Morgan fingerprint density at radius 2 is 1.95 bits per heavy atom. The van der Waals surface area contributed by atoms with Crippen molar-refractivity contribution in [1.29, 1.82) is 0 Å². The number of carbonyl (C=O) groups excluding carboxylic acids is 1. The number of nitrogen functional groups attached to an aromatic ring is 1. The van der Waals surface area contributed by atoms with Gasteiger partial charge in [0.05, 0.1) is 28.2 Å². The normalized spacial score (nSPS) is 14.8. The number of nitrogens with two attached hydrogens (primary N) is 1. The summed E-state index contributed by atoms with van der Waals surface area (Å²) < 4.78 is 43.2. The minimum absolute atomic E-state index is 0.190. The van der Waals surface area contributed by atoms with Gasteiger partial charge in [0, 0.05) is 34.8 Å². The zero-order chi connectivity index (χ0) is 25.9. The molecule has 4 heterocycles. The number of fused-ring (bicyclic) bond motifs is 6. The third kappa shape index (κ3) is 3.60. The standard InChI is InChI=1S/C27H19F3N6O/c1-2-21(37)35-20-12-36-24(18-10-16(27(28,29)30)7-8-17(18)20)22(23-25(31)33-13-34-26(23)36)15-9-14-5-3-4-6-19(14)32-11-15/h2-11,13,20H,1,12H2,(H,35,37)(H2,31,33,34). The Morgan fingerprint density at radius 1 is 1.14 bits per heavy atom. The van der Waals surface area contributed by atoms with E-state index in [9.17, 15) is 18.0 Å². The molecule has 1 aliphatic rings. The van der Waals surface area contributed by atoms with Crippen LogP contribution in [0.3, 0.4) is 0 Å². The fourth-order valence-electron chi connectivity index (χ4n) is 5.02. The van der Waals surface area contributed by atoms with Crippen LogP contribution in [0.2, 0.25) is 0 Å². The summed E-state index contributed by atoms with van der Waals surface area (Å²) in [6, 6.07) is 12.4. The first-order valence-electron chi connectivity index (χ1n) is 11.4. The lowest BCUT2D eigenvalue weighted by molar-refractivity contribution is -0.137. The molecule has 1 unspecified atom stereocenters. The first kappa shape index (κ1) is 22.7. The van der Waals surface area contributed by atoms with Crippen molar-refractivity contribution < 1.29 is 18.0 Å². The van der Waals surface area contributed by atoms with Crippen molar-refractivity contribution in [1.82, 2.24) is 24.8 Å². The molecule has 0 saturated heterocycles. The Balaban J connectivity index is 1.71. The molecule has 1 amide bonds. The van der Waals surface area contributed by atoms with Gasteiger partial charge in [0.2, 0.25) is 5.91 Å². The number of para-hydroxylation sites is 1. The summed E-state index contributed by atoms with van der Waals surface area (Å²) in [4.78, 5) is 25.4. The zero-order valence-electron chi connectivity index (χ0n) is 19.3. The number of carbonyl (C=O) groups is 1. The van der Waals surface area contributed by atoms with Gasteiger partial charge in [-0.05, 0) is 35.9 Å². The monoisotopic (exact) mass is 500 g/mol. The number of nitrogens with one attached hydrogen (secondary N) is 1. The molecule has 10 heteroatoms. The van der Waals surface area contributed by atoms with Gasteiger partial charge in [-0.15, -0.1) is 0 Å². The number of hydrogen-bond acceptors (Lipinski definition) is 5. The minimum Gasteiger partial charge on any atom is -0.383 e. The van der Waals surface area contributed by atoms with Gasteiger partial charge < -0.3 is 15.6 Å². The Hall–Kier alpha value is -4.73. The molecule has 2 aromatic carbocycles. The molecule has 0 aliphatic carbocycles. The first-order chi connectivity index (χ1) is 17.8. The van der Waals surface area contributed by atoms with Crippen LogP contribution in [0.5, 0.6) is 0 Å². The number of alkyl halides is 3. The third-order valence-electron chi connectivity index (χ3n) is 6.63. The molecule has 5 aromatic rings. The van der Waals surface area contributed by atoms with Crippen LogP contribution in [0.1, 0.15) is 17.2 Å². The highest BCUT2D eigenvalue weighted by Gasteiger charge is 2.36. The Kier molecular flexibility index (Phi) is 5.01. The maximum absolute atomic E-state index is 13.8. The Bertz CT molecular complexity index is 1740. The summed E-state index contributed by atoms with van der Waals surface area (Å²) in [6.45, 7) is 3.71. The van der Waals surface area contributed by atoms with Crippen molar-refractivity contribution in [2.45, 2.75) is 18.8 Å². The van der Waals surface area contributed by atoms with E-state index < -0.39 is 23.7 Å². The number of amides is 1. The van der Waals surface area contributed by atoms with Gasteiger partial charge >= 0.3 is 6.18 Å². The summed E-state index contributed by atoms with van der Waals surface area (Å²) in [6.07, 6.45) is -0.457. The molecule has 1 aliphatic heterocycles. The van der Waals surface area contributed by atoms with Crippen molar-refractivity contribution in [2.75, 3.05) is 5.73 Å². The van der Waals surface area contributed by atoms with Crippen molar-refractivity contribution in [3.63, 3.8) is 0 Å². The van der Waals surface area contributed by atoms with Gasteiger partial charge in [-0.25, -0.2) is 9.97 Å². The van der Waals surface area contributed by atoms with Crippen LogP contribution in [0.4, 0.5) is 19.0 Å². The number of halogens is 3. The van der Waals surface area contributed by atoms with Crippen LogP contribution in [0.15, 0.2) is 73.7 Å². The van der Waals surface area contributed by atoms with Crippen molar-refractivity contribution in [2.24, 2.45) is 0 Å². The molecule has 0 saturated carbocycles. The van der Waals surface area contributed by atoms with Crippen molar-refractivity contribution in [3.8, 4) is 22.4 Å². The minimum atomic E-state index is -4.56.